The first-order valence-corrected chi connectivity index (χ1v) is 15.7. The maximum atomic E-state index is 13.9. The summed E-state index contributed by atoms with van der Waals surface area (Å²) in [7, 11) is -2.67. The van der Waals surface area contributed by atoms with Gasteiger partial charge in [-0.15, -0.1) is 0 Å². The van der Waals surface area contributed by atoms with E-state index in [4.69, 9.17) is 4.74 Å². The van der Waals surface area contributed by atoms with Gasteiger partial charge in [-0.1, -0.05) is 54.6 Å². The van der Waals surface area contributed by atoms with Crippen molar-refractivity contribution in [1.29, 1.82) is 0 Å². The van der Waals surface area contributed by atoms with Gasteiger partial charge in [-0.2, -0.15) is 17.5 Å². The summed E-state index contributed by atoms with van der Waals surface area (Å²) >= 11 is 0. The molecule has 1 atom stereocenters. The summed E-state index contributed by atoms with van der Waals surface area (Å²) in [5.74, 6) is -0.0435. The lowest BCUT2D eigenvalue weighted by Crippen LogP contribution is -2.61. The number of rotatable bonds is 8. The second kappa shape index (κ2) is 13.6. The fourth-order valence-corrected chi connectivity index (χ4v) is 6.64. The third kappa shape index (κ3) is 7.49. The fourth-order valence-electron chi connectivity index (χ4n) is 5.07. The molecule has 1 heterocycles. The van der Waals surface area contributed by atoms with Gasteiger partial charge >= 0.3 is 12.2 Å². The molecule has 0 aliphatic carbocycles. The number of hydrogen-bond donors (Lipinski definition) is 2. The van der Waals surface area contributed by atoms with E-state index in [1.165, 1.54) is 24.1 Å². The first-order valence-electron chi connectivity index (χ1n) is 14.3. The molecule has 0 saturated carbocycles. The number of nitrogens with zero attached hydrogens (tertiary/aromatic N) is 2. The van der Waals surface area contributed by atoms with E-state index in [9.17, 15) is 31.2 Å². The van der Waals surface area contributed by atoms with Crippen molar-refractivity contribution in [3.63, 3.8) is 0 Å². The van der Waals surface area contributed by atoms with E-state index < -0.39 is 39.7 Å². The number of benzene rings is 4. The molecule has 1 aliphatic rings. The molecular formula is C33H31F3N4O5S. The van der Waals surface area contributed by atoms with E-state index in [-0.39, 0.29) is 36.8 Å². The Kier molecular flexibility index (Phi) is 9.63. The summed E-state index contributed by atoms with van der Waals surface area (Å²) in [5.41, 5.74) is 1.69. The fraction of sp³-hybridized carbons (Fsp3) is 0.212. The van der Waals surface area contributed by atoms with Crippen LogP contribution in [0.3, 0.4) is 0 Å². The number of methoxy groups -OCH3 is 1. The van der Waals surface area contributed by atoms with Crippen LogP contribution in [0.5, 0.6) is 5.75 Å². The molecule has 0 spiro atoms. The van der Waals surface area contributed by atoms with Gasteiger partial charge in [-0.25, -0.2) is 13.2 Å². The van der Waals surface area contributed by atoms with Crippen molar-refractivity contribution >= 4 is 27.6 Å². The topological polar surface area (TPSA) is 108 Å². The molecule has 4 aromatic rings. The van der Waals surface area contributed by atoms with Crippen LogP contribution in [0.4, 0.5) is 23.7 Å². The Morgan fingerprint density at radius 3 is 2.20 bits per heavy atom. The molecule has 0 bridgehead atoms. The number of halogens is 3. The van der Waals surface area contributed by atoms with Crippen molar-refractivity contribution in [2.24, 2.45) is 0 Å². The van der Waals surface area contributed by atoms with Crippen LogP contribution in [0.25, 0.3) is 11.1 Å². The van der Waals surface area contributed by atoms with Crippen molar-refractivity contribution in [3.8, 4) is 16.9 Å². The molecule has 240 valence electrons. The summed E-state index contributed by atoms with van der Waals surface area (Å²) in [6, 6.07) is 24.7. The smallest absolute Gasteiger partial charge is 0.416 e. The molecule has 3 amide bonds. The molecule has 5 rings (SSSR count). The first-order chi connectivity index (χ1) is 22.0. The van der Waals surface area contributed by atoms with Crippen LogP contribution in [0.2, 0.25) is 0 Å². The van der Waals surface area contributed by atoms with Gasteiger partial charge in [0.1, 0.15) is 11.8 Å². The zero-order chi connectivity index (χ0) is 32.9. The SMILES string of the molecule is COc1cccc(CNC(=O)C2CN(C(=O)Nc3ccc(C(F)(F)F)cc3)CCN2S(=O)(=O)c2ccc(-c3ccccc3)cc2)c1. The third-order valence-electron chi connectivity index (χ3n) is 7.55. The number of ether oxygens (including phenoxy) is 1. The van der Waals surface area contributed by atoms with Gasteiger partial charge in [0.05, 0.1) is 17.6 Å². The minimum absolute atomic E-state index is 0.0135. The van der Waals surface area contributed by atoms with Crippen LogP contribution in [0.1, 0.15) is 11.1 Å². The van der Waals surface area contributed by atoms with Crippen LogP contribution in [0.15, 0.2) is 108 Å². The summed E-state index contributed by atoms with van der Waals surface area (Å²) in [6.45, 7) is -0.477. The molecule has 1 fully saturated rings. The van der Waals surface area contributed by atoms with Gasteiger partial charge in [0.15, 0.2) is 0 Å². The Morgan fingerprint density at radius 1 is 0.870 bits per heavy atom. The van der Waals surface area contributed by atoms with Crippen molar-refractivity contribution in [2.45, 2.75) is 23.7 Å². The van der Waals surface area contributed by atoms with E-state index in [1.54, 1.807) is 36.4 Å². The van der Waals surface area contributed by atoms with E-state index in [0.29, 0.717) is 11.3 Å². The number of hydrogen-bond acceptors (Lipinski definition) is 5. The van der Waals surface area contributed by atoms with Crippen LogP contribution in [0, 0.1) is 0 Å². The van der Waals surface area contributed by atoms with E-state index in [1.807, 2.05) is 30.3 Å². The molecule has 1 unspecified atom stereocenters. The zero-order valence-electron chi connectivity index (χ0n) is 24.7. The van der Waals surface area contributed by atoms with Crippen LogP contribution < -0.4 is 15.4 Å². The lowest BCUT2D eigenvalue weighted by Gasteiger charge is -2.39. The Bertz CT molecular complexity index is 1780. The predicted octanol–water partition coefficient (Wildman–Crippen LogP) is 5.60. The van der Waals surface area contributed by atoms with Crippen molar-refractivity contribution in [3.05, 3.63) is 114 Å². The Balaban J connectivity index is 1.36. The zero-order valence-corrected chi connectivity index (χ0v) is 25.5. The number of nitrogens with one attached hydrogen (secondary N) is 2. The predicted molar refractivity (Wildman–Crippen MR) is 166 cm³/mol. The van der Waals surface area contributed by atoms with Gasteiger partial charge in [-0.05, 0) is 65.2 Å². The first kappa shape index (κ1) is 32.5. The maximum absolute atomic E-state index is 13.9. The molecule has 46 heavy (non-hydrogen) atoms. The molecule has 13 heteroatoms. The van der Waals surface area contributed by atoms with E-state index in [2.05, 4.69) is 10.6 Å². The number of urea groups is 1. The molecule has 4 aromatic carbocycles. The lowest BCUT2D eigenvalue weighted by atomic mass is 10.1. The number of piperazine rings is 1. The highest BCUT2D eigenvalue weighted by atomic mass is 32.2. The van der Waals surface area contributed by atoms with E-state index >= 15 is 0 Å². The van der Waals surface area contributed by atoms with Crippen molar-refractivity contribution < 1.29 is 35.9 Å². The monoisotopic (exact) mass is 652 g/mol. The normalized spacial score (nSPS) is 15.7. The lowest BCUT2D eigenvalue weighted by molar-refractivity contribution is -0.137. The molecule has 0 aromatic heterocycles. The standard InChI is InChI=1S/C33H31F3N4O5S/c1-45-28-9-5-6-23(20-28)21-37-31(41)30-22-39(32(42)38-27-14-12-26(13-15-27)33(34,35)36)18-19-40(30)46(43,44)29-16-10-25(11-17-29)24-7-3-2-4-8-24/h2-17,20,30H,18-19,21-22H2,1H3,(H,37,41)(H,38,42). The summed E-state index contributed by atoms with van der Waals surface area (Å²) < 4.78 is 73.0. The molecule has 9 nitrogen and oxygen atoms in total. The van der Waals surface area contributed by atoms with Crippen LogP contribution >= 0.6 is 0 Å². The van der Waals surface area contributed by atoms with Crippen molar-refractivity contribution in [1.82, 2.24) is 14.5 Å². The number of carbonyl (C=O) groups excluding carboxylic acids is 2. The van der Waals surface area contributed by atoms with Gasteiger partial charge in [0, 0.05) is 31.9 Å². The average Bonchev–Trinajstić information content (AvgIpc) is 3.07. The Labute approximate surface area is 264 Å². The van der Waals surface area contributed by atoms with Gasteiger partial charge in [0.25, 0.3) is 0 Å². The quantitative estimate of drug-likeness (QED) is 0.258. The second-order valence-electron chi connectivity index (χ2n) is 10.5. The largest absolute Gasteiger partial charge is 0.497 e. The molecule has 1 saturated heterocycles. The number of alkyl halides is 3. The van der Waals surface area contributed by atoms with Gasteiger partial charge in [-0.3, -0.25) is 4.79 Å². The van der Waals surface area contributed by atoms with Gasteiger partial charge in [0.2, 0.25) is 15.9 Å². The minimum Gasteiger partial charge on any atom is -0.497 e. The highest BCUT2D eigenvalue weighted by molar-refractivity contribution is 7.89. The highest BCUT2D eigenvalue weighted by Gasteiger charge is 2.41. The Hall–Kier alpha value is -4.88. The second-order valence-corrected chi connectivity index (χ2v) is 12.4. The summed E-state index contributed by atoms with van der Waals surface area (Å²) in [6.07, 6.45) is -4.53. The van der Waals surface area contributed by atoms with Crippen LogP contribution in [-0.2, 0) is 27.5 Å². The molecular weight excluding hydrogens is 621 g/mol. The van der Waals surface area contributed by atoms with Gasteiger partial charge < -0.3 is 20.3 Å². The summed E-state index contributed by atoms with van der Waals surface area (Å²) in [4.78, 5) is 28.0. The van der Waals surface area contributed by atoms with Crippen LogP contribution in [-0.4, -0.2) is 62.3 Å². The minimum atomic E-state index is -4.53. The number of amides is 3. The maximum Gasteiger partial charge on any atom is 0.416 e. The summed E-state index contributed by atoms with van der Waals surface area (Å²) in [5, 5.41) is 5.30. The van der Waals surface area contributed by atoms with Crippen molar-refractivity contribution in [2.75, 3.05) is 32.1 Å². The number of anilines is 1. The Morgan fingerprint density at radius 2 is 1.54 bits per heavy atom. The number of carbonyl (C=O) groups is 2. The third-order valence-corrected chi connectivity index (χ3v) is 9.48. The molecule has 2 N–H and O–H groups in total. The highest BCUT2D eigenvalue weighted by Crippen LogP contribution is 2.30. The molecule has 0 radical (unpaired) electrons. The average molecular weight is 653 g/mol. The molecule has 1 aliphatic heterocycles. The van der Waals surface area contributed by atoms with E-state index in [0.717, 1.165) is 39.7 Å². The number of sulfonamides is 1.